The molecule has 38 heavy (non-hydrogen) atoms. The molecule has 0 aliphatic heterocycles. The lowest BCUT2D eigenvalue weighted by Crippen LogP contribution is -2.45. The van der Waals surface area contributed by atoms with E-state index in [1.807, 2.05) is 0 Å². The second kappa shape index (κ2) is 9.29. The Kier molecular flexibility index (Phi) is 6.41. The summed E-state index contributed by atoms with van der Waals surface area (Å²) in [6.45, 7) is 12.2. The Morgan fingerprint density at radius 2 is 1.16 bits per heavy atom. The fourth-order valence-electron chi connectivity index (χ4n) is 9.30. The van der Waals surface area contributed by atoms with Gasteiger partial charge in [0.1, 0.15) is 11.5 Å². The Morgan fingerprint density at radius 1 is 0.684 bits per heavy atom. The third-order valence-electron chi connectivity index (χ3n) is 11.0. The number of phenolic OH excluding ortho intramolecular Hbond substituents is 2. The van der Waals surface area contributed by atoms with Gasteiger partial charge in [0.25, 0.3) is 0 Å². The van der Waals surface area contributed by atoms with Gasteiger partial charge in [0.2, 0.25) is 0 Å². The molecule has 206 valence electrons. The van der Waals surface area contributed by atoms with Crippen LogP contribution in [0, 0.1) is 0 Å². The summed E-state index contributed by atoms with van der Waals surface area (Å²) in [7, 11) is 0. The van der Waals surface area contributed by atoms with Gasteiger partial charge < -0.3 is 14.9 Å². The monoisotopic (exact) mass is 516 g/mol. The lowest BCUT2D eigenvalue weighted by Gasteiger charge is -2.39. The van der Waals surface area contributed by atoms with Crippen LogP contribution in [0.5, 0.6) is 11.5 Å². The molecule has 0 aromatic heterocycles. The van der Waals surface area contributed by atoms with E-state index >= 15 is 0 Å². The Bertz CT molecular complexity index is 1200. The minimum atomic E-state index is -0.390. The molecule has 2 unspecified atom stereocenters. The quantitative estimate of drug-likeness (QED) is 0.427. The third kappa shape index (κ3) is 3.78. The van der Waals surface area contributed by atoms with Crippen molar-refractivity contribution < 1.29 is 14.9 Å². The molecule has 0 heterocycles. The normalized spacial score (nSPS) is 28.5. The predicted molar refractivity (Wildman–Crippen MR) is 155 cm³/mol. The first kappa shape index (κ1) is 26.2. The molecule has 0 bridgehead atoms. The summed E-state index contributed by atoms with van der Waals surface area (Å²) >= 11 is 0. The van der Waals surface area contributed by atoms with E-state index in [1.165, 1.54) is 86.5 Å². The average molecular weight is 517 g/mol. The number of fused-ring (bicyclic) bond motifs is 4. The first-order valence-electron chi connectivity index (χ1n) is 15.5. The molecule has 4 aliphatic rings. The van der Waals surface area contributed by atoms with Crippen LogP contribution >= 0.6 is 0 Å². The number of phenols is 2. The summed E-state index contributed by atoms with van der Waals surface area (Å²) in [5.41, 5.74) is 6.75. The van der Waals surface area contributed by atoms with Crippen molar-refractivity contribution in [3.8, 4) is 11.5 Å². The Hall–Kier alpha value is -2.00. The predicted octanol–water partition coefficient (Wildman–Crippen LogP) is 8.86. The molecule has 2 N–H and O–H groups in total. The summed E-state index contributed by atoms with van der Waals surface area (Å²) in [4.78, 5) is 0. The molecule has 4 aliphatic carbocycles. The van der Waals surface area contributed by atoms with Gasteiger partial charge in [-0.25, -0.2) is 0 Å². The molecular formula is C35H48O3. The van der Waals surface area contributed by atoms with Crippen molar-refractivity contribution in [1.82, 2.24) is 0 Å². The van der Waals surface area contributed by atoms with E-state index in [0.29, 0.717) is 29.9 Å². The molecule has 3 heteroatoms. The van der Waals surface area contributed by atoms with Crippen LogP contribution in [0.1, 0.15) is 150 Å². The molecule has 1 spiro atoms. The van der Waals surface area contributed by atoms with E-state index in [4.69, 9.17) is 4.74 Å². The van der Waals surface area contributed by atoms with E-state index in [0.717, 1.165) is 17.5 Å². The molecule has 0 radical (unpaired) electrons. The maximum atomic E-state index is 11.5. The van der Waals surface area contributed by atoms with Crippen LogP contribution in [0.3, 0.4) is 0 Å². The smallest absolute Gasteiger partial charge is 0.119 e. The van der Waals surface area contributed by atoms with Crippen LogP contribution in [0.2, 0.25) is 0 Å². The van der Waals surface area contributed by atoms with E-state index in [9.17, 15) is 10.2 Å². The Labute approximate surface area is 230 Å². The standard InChI is InChI=1S/C35H48O3/c1-6-38-32-34(4,5)27-18-25(23-15-11-8-12-16-23)31(37)20-29(27)35(32)21-33(2,3)26-17-24(30(36)19-28(26)35)22-13-9-7-10-14-22/h17-20,22-23,32,36-37H,6-16,21H2,1-5H3. The number of ether oxygens (including phenoxy) is 1. The first-order valence-corrected chi connectivity index (χ1v) is 15.5. The Morgan fingerprint density at radius 3 is 1.66 bits per heavy atom. The molecule has 2 atom stereocenters. The van der Waals surface area contributed by atoms with Gasteiger partial charge in [-0.15, -0.1) is 0 Å². The van der Waals surface area contributed by atoms with Crippen LogP contribution in [-0.2, 0) is 21.0 Å². The van der Waals surface area contributed by atoms with Gasteiger partial charge in [-0.3, -0.25) is 0 Å². The Balaban J connectivity index is 1.56. The highest BCUT2D eigenvalue weighted by molar-refractivity contribution is 5.66. The van der Waals surface area contributed by atoms with Crippen molar-refractivity contribution in [2.24, 2.45) is 0 Å². The van der Waals surface area contributed by atoms with Gasteiger partial charge in [0.15, 0.2) is 0 Å². The van der Waals surface area contributed by atoms with Crippen molar-refractivity contribution in [3.63, 3.8) is 0 Å². The van der Waals surface area contributed by atoms with Gasteiger partial charge >= 0.3 is 0 Å². The van der Waals surface area contributed by atoms with Gasteiger partial charge in [-0.2, -0.15) is 0 Å². The first-order chi connectivity index (χ1) is 18.1. The van der Waals surface area contributed by atoms with Crippen LogP contribution in [0.25, 0.3) is 0 Å². The fraction of sp³-hybridized carbons (Fsp3) is 0.657. The maximum absolute atomic E-state index is 11.5. The van der Waals surface area contributed by atoms with Gasteiger partial charge in [0, 0.05) is 17.4 Å². The third-order valence-corrected chi connectivity index (χ3v) is 11.0. The minimum Gasteiger partial charge on any atom is -0.508 e. The number of hydrogen-bond acceptors (Lipinski definition) is 3. The highest BCUT2D eigenvalue weighted by atomic mass is 16.5. The van der Waals surface area contributed by atoms with Crippen molar-refractivity contribution in [3.05, 3.63) is 57.6 Å². The molecule has 2 fully saturated rings. The van der Waals surface area contributed by atoms with E-state index in [1.54, 1.807) is 0 Å². The van der Waals surface area contributed by atoms with Gasteiger partial charge in [-0.05, 0) is 102 Å². The van der Waals surface area contributed by atoms with Crippen LogP contribution in [0.15, 0.2) is 24.3 Å². The van der Waals surface area contributed by atoms with Gasteiger partial charge in [-0.1, -0.05) is 78.4 Å². The van der Waals surface area contributed by atoms with Crippen molar-refractivity contribution >= 4 is 0 Å². The molecule has 2 aromatic carbocycles. The summed E-state index contributed by atoms with van der Waals surface area (Å²) in [5.74, 6) is 1.81. The number of benzene rings is 2. The zero-order chi connectivity index (χ0) is 26.9. The summed E-state index contributed by atoms with van der Waals surface area (Å²) in [6.07, 6.45) is 13.2. The highest BCUT2D eigenvalue weighted by Gasteiger charge is 2.63. The van der Waals surface area contributed by atoms with Crippen molar-refractivity contribution in [2.75, 3.05) is 6.61 Å². The molecular weight excluding hydrogens is 468 g/mol. The second-order valence-electron chi connectivity index (χ2n) is 14.2. The van der Waals surface area contributed by atoms with E-state index in [-0.39, 0.29) is 16.9 Å². The topological polar surface area (TPSA) is 49.7 Å². The molecule has 2 saturated carbocycles. The van der Waals surface area contributed by atoms with Crippen molar-refractivity contribution in [1.29, 1.82) is 0 Å². The van der Waals surface area contributed by atoms with E-state index < -0.39 is 5.41 Å². The average Bonchev–Trinajstić information content (AvgIpc) is 3.23. The number of aromatic hydroxyl groups is 2. The summed E-state index contributed by atoms with van der Waals surface area (Å²) < 4.78 is 6.74. The van der Waals surface area contributed by atoms with Crippen molar-refractivity contribution in [2.45, 2.75) is 139 Å². The lowest BCUT2D eigenvalue weighted by molar-refractivity contribution is -0.0187. The molecule has 6 rings (SSSR count). The van der Waals surface area contributed by atoms with Crippen LogP contribution in [-0.4, -0.2) is 22.9 Å². The lowest BCUT2D eigenvalue weighted by atomic mass is 9.69. The highest BCUT2D eigenvalue weighted by Crippen LogP contribution is 2.65. The molecule has 0 saturated heterocycles. The van der Waals surface area contributed by atoms with E-state index in [2.05, 4.69) is 58.9 Å². The van der Waals surface area contributed by atoms with Crippen LogP contribution in [0.4, 0.5) is 0 Å². The molecule has 2 aromatic rings. The number of rotatable bonds is 4. The summed E-state index contributed by atoms with van der Waals surface area (Å²) in [6, 6.07) is 8.93. The van der Waals surface area contributed by atoms with Gasteiger partial charge in [0.05, 0.1) is 6.10 Å². The minimum absolute atomic E-state index is 0.0584. The molecule has 0 amide bonds. The largest absolute Gasteiger partial charge is 0.508 e. The zero-order valence-corrected chi connectivity index (χ0v) is 24.3. The summed E-state index contributed by atoms with van der Waals surface area (Å²) in [5, 5.41) is 23.0. The number of hydrogen-bond donors (Lipinski definition) is 2. The maximum Gasteiger partial charge on any atom is 0.119 e. The SMILES string of the molecule is CCOC1C(C)(C)c2cc(C3CCCCC3)c(O)cc2C12CC(C)(C)c1cc(C3CCCCC3)c(O)cc12. The molecule has 3 nitrogen and oxygen atoms in total. The fourth-order valence-corrected chi connectivity index (χ4v) is 9.30. The van der Waals surface area contributed by atoms with Crippen LogP contribution < -0.4 is 0 Å². The second-order valence-corrected chi connectivity index (χ2v) is 14.2. The zero-order valence-electron chi connectivity index (χ0n) is 24.3.